The Balaban J connectivity index is 2.85. The fourth-order valence-electron chi connectivity index (χ4n) is 2.35. The van der Waals surface area contributed by atoms with Crippen LogP contribution in [0.15, 0.2) is 12.5 Å². The van der Waals surface area contributed by atoms with E-state index in [1.165, 1.54) is 12.5 Å². The predicted octanol–water partition coefficient (Wildman–Crippen LogP) is -3.14. The van der Waals surface area contributed by atoms with Crippen molar-refractivity contribution in [3.05, 3.63) is 18.2 Å². The molecule has 1 aromatic rings. The molecule has 13 heteroatoms. The SMILES string of the molecule is NC(=O)CCC(N)C(=O)NC(Cc1cnc[nH]1)C(=O)NC(CCC(N)=O)C(=O)O. The van der Waals surface area contributed by atoms with E-state index in [0.29, 0.717) is 5.69 Å². The fraction of sp³-hybridized carbons (Fsp3) is 0.500. The topological polar surface area (TPSA) is 236 Å². The van der Waals surface area contributed by atoms with Gasteiger partial charge < -0.3 is 37.9 Å². The molecule has 0 saturated heterocycles. The van der Waals surface area contributed by atoms with Gasteiger partial charge in [0, 0.05) is 31.2 Å². The predicted molar refractivity (Wildman–Crippen MR) is 98.6 cm³/mol. The molecule has 4 amide bonds. The van der Waals surface area contributed by atoms with Crippen molar-refractivity contribution in [1.82, 2.24) is 20.6 Å². The maximum Gasteiger partial charge on any atom is 0.326 e. The van der Waals surface area contributed by atoms with E-state index in [2.05, 4.69) is 20.6 Å². The molecular formula is C16H25N7O6. The number of imidazole rings is 1. The van der Waals surface area contributed by atoms with Gasteiger partial charge in [-0.15, -0.1) is 0 Å². The first-order valence-corrected chi connectivity index (χ1v) is 8.73. The molecule has 1 aromatic heterocycles. The summed E-state index contributed by atoms with van der Waals surface area (Å²) >= 11 is 0. The quantitative estimate of drug-likeness (QED) is 0.175. The number of nitrogens with zero attached hydrogens (tertiary/aromatic N) is 1. The van der Waals surface area contributed by atoms with Gasteiger partial charge in [-0.25, -0.2) is 9.78 Å². The Kier molecular flexibility index (Phi) is 9.25. The highest BCUT2D eigenvalue weighted by Gasteiger charge is 2.28. The van der Waals surface area contributed by atoms with Crippen molar-refractivity contribution < 1.29 is 29.1 Å². The lowest BCUT2D eigenvalue weighted by Crippen LogP contribution is -2.55. The van der Waals surface area contributed by atoms with Crippen LogP contribution >= 0.6 is 0 Å². The lowest BCUT2D eigenvalue weighted by atomic mass is 10.1. The number of carboxylic acid groups (broad SMARTS) is 1. The van der Waals surface area contributed by atoms with Gasteiger partial charge in [-0.3, -0.25) is 19.2 Å². The second-order valence-electron chi connectivity index (χ2n) is 6.36. The number of aromatic nitrogens is 2. The van der Waals surface area contributed by atoms with Crippen LogP contribution in [0.1, 0.15) is 31.4 Å². The molecule has 0 aliphatic rings. The van der Waals surface area contributed by atoms with Crippen molar-refractivity contribution in [2.45, 2.75) is 50.2 Å². The number of carbonyl (C=O) groups is 5. The van der Waals surface area contributed by atoms with E-state index in [4.69, 9.17) is 17.2 Å². The van der Waals surface area contributed by atoms with Crippen LogP contribution in [0.25, 0.3) is 0 Å². The third-order valence-electron chi connectivity index (χ3n) is 3.94. The molecule has 0 aliphatic heterocycles. The average Bonchev–Trinajstić information content (AvgIpc) is 3.14. The zero-order chi connectivity index (χ0) is 22.0. The van der Waals surface area contributed by atoms with Gasteiger partial charge in [0.1, 0.15) is 12.1 Å². The van der Waals surface area contributed by atoms with Gasteiger partial charge in [-0.2, -0.15) is 0 Å². The summed E-state index contributed by atoms with van der Waals surface area (Å²) < 4.78 is 0. The van der Waals surface area contributed by atoms with Gasteiger partial charge in [0.25, 0.3) is 0 Å². The third-order valence-corrected chi connectivity index (χ3v) is 3.94. The van der Waals surface area contributed by atoms with E-state index in [0.717, 1.165) is 0 Å². The van der Waals surface area contributed by atoms with E-state index in [9.17, 15) is 29.1 Å². The number of hydrogen-bond acceptors (Lipinski definition) is 7. The van der Waals surface area contributed by atoms with Gasteiger partial charge in [-0.1, -0.05) is 0 Å². The summed E-state index contributed by atoms with van der Waals surface area (Å²) in [5.41, 5.74) is 16.2. The van der Waals surface area contributed by atoms with E-state index in [-0.39, 0.29) is 32.1 Å². The molecule has 3 unspecified atom stereocenters. The van der Waals surface area contributed by atoms with Crippen LogP contribution in [0.2, 0.25) is 0 Å². The first kappa shape index (κ1) is 23.6. The molecule has 3 atom stereocenters. The number of H-pyrrole nitrogens is 1. The summed E-state index contributed by atoms with van der Waals surface area (Å²) in [7, 11) is 0. The van der Waals surface area contributed by atoms with E-state index in [1.807, 2.05) is 0 Å². The summed E-state index contributed by atoms with van der Waals surface area (Å²) in [6.07, 6.45) is 2.20. The minimum absolute atomic E-state index is 0.0179. The molecule has 29 heavy (non-hydrogen) atoms. The molecular weight excluding hydrogens is 386 g/mol. The number of carbonyl (C=O) groups excluding carboxylic acids is 4. The van der Waals surface area contributed by atoms with E-state index >= 15 is 0 Å². The van der Waals surface area contributed by atoms with Crippen molar-refractivity contribution in [3.8, 4) is 0 Å². The van der Waals surface area contributed by atoms with Gasteiger partial charge in [-0.05, 0) is 12.8 Å². The molecule has 0 saturated carbocycles. The standard InChI is InChI=1S/C16H25N7O6/c17-9(1-3-12(18)24)14(26)23-11(5-8-6-20-7-21-8)15(27)22-10(16(28)29)2-4-13(19)25/h6-7,9-11H,1-5,17H2,(H2,18,24)(H2,19,25)(H,20,21)(H,22,27)(H,23,26)(H,28,29). The minimum Gasteiger partial charge on any atom is -0.480 e. The largest absolute Gasteiger partial charge is 0.480 e. The van der Waals surface area contributed by atoms with Gasteiger partial charge in [0.2, 0.25) is 23.6 Å². The number of carboxylic acids is 1. The molecule has 0 aliphatic carbocycles. The molecule has 0 radical (unpaired) electrons. The Morgan fingerprint density at radius 2 is 1.59 bits per heavy atom. The number of amides is 4. The van der Waals surface area contributed by atoms with Crippen LogP contribution in [-0.2, 0) is 30.4 Å². The molecule has 1 rings (SSSR count). The highest BCUT2D eigenvalue weighted by atomic mass is 16.4. The number of aromatic amines is 1. The lowest BCUT2D eigenvalue weighted by Gasteiger charge is -2.22. The van der Waals surface area contributed by atoms with E-state index in [1.54, 1.807) is 0 Å². The van der Waals surface area contributed by atoms with Crippen LogP contribution in [0.5, 0.6) is 0 Å². The average molecular weight is 411 g/mol. The molecule has 10 N–H and O–H groups in total. The molecule has 0 bridgehead atoms. The van der Waals surface area contributed by atoms with Crippen molar-refractivity contribution >= 4 is 29.6 Å². The Hall–Kier alpha value is -3.48. The zero-order valence-corrected chi connectivity index (χ0v) is 15.6. The maximum atomic E-state index is 12.6. The van der Waals surface area contributed by atoms with Crippen molar-refractivity contribution in [2.75, 3.05) is 0 Å². The highest BCUT2D eigenvalue weighted by Crippen LogP contribution is 2.04. The molecule has 1 heterocycles. The van der Waals surface area contributed by atoms with Crippen LogP contribution < -0.4 is 27.8 Å². The van der Waals surface area contributed by atoms with Gasteiger partial charge in [0.15, 0.2) is 0 Å². The first-order chi connectivity index (χ1) is 13.6. The summed E-state index contributed by atoms with van der Waals surface area (Å²) in [4.78, 5) is 64.5. The Labute approximate surface area is 165 Å². The first-order valence-electron chi connectivity index (χ1n) is 8.73. The molecule has 0 fully saturated rings. The summed E-state index contributed by atoms with van der Waals surface area (Å²) in [5.74, 6) is -4.21. The number of hydrogen-bond donors (Lipinski definition) is 7. The Bertz CT molecular complexity index is 736. The summed E-state index contributed by atoms with van der Waals surface area (Å²) in [6.45, 7) is 0. The summed E-state index contributed by atoms with van der Waals surface area (Å²) in [5, 5.41) is 13.9. The maximum absolute atomic E-state index is 12.6. The van der Waals surface area contributed by atoms with Crippen molar-refractivity contribution in [1.29, 1.82) is 0 Å². The number of rotatable bonds is 13. The number of nitrogens with one attached hydrogen (secondary N) is 3. The Morgan fingerprint density at radius 1 is 1.00 bits per heavy atom. The van der Waals surface area contributed by atoms with Crippen molar-refractivity contribution in [2.24, 2.45) is 17.2 Å². The molecule has 13 nitrogen and oxygen atoms in total. The van der Waals surface area contributed by atoms with E-state index < -0.39 is 47.7 Å². The highest BCUT2D eigenvalue weighted by molar-refractivity contribution is 5.92. The Morgan fingerprint density at radius 3 is 2.10 bits per heavy atom. The van der Waals surface area contributed by atoms with Gasteiger partial charge >= 0.3 is 5.97 Å². The normalized spacial score (nSPS) is 13.7. The monoisotopic (exact) mass is 411 g/mol. The minimum atomic E-state index is -1.38. The lowest BCUT2D eigenvalue weighted by molar-refractivity contribution is -0.142. The number of aliphatic carboxylic acids is 1. The third kappa shape index (κ3) is 8.83. The second kappa shape index (κ2) is 11.4. The van der Waals surface area contributed by atoms with Crippen LogP contribution in [0.4, 0.5) is 0 Å². The zero-order valence-electron chi connectivity index (χ0n) is 15.6. The van der Waals surface area contributed by atoms with Crippen LogP contribution in [0, 0.1) is 0 Å². The number of primary amides is 2. The molecule has 0 aromatic carbocycles. The molecule has 0 spiro atoms. The fourth-order valence-corrected chi connectivity index (χ4v) is 2.35. The smallest absolute Gasteiger partial charge is 0.326 e. The molecule has 160 valence electrons. The van der Waals surface area contributed by atoms with Crippen LogP contribution in [0.3, 0.4) is 0 Å². The van der Waals surface area contributed by atoms with Crippen molar-refractivity contribution in [3.63, 3.8) is 0 Å². The van der Waals surface area contributed by atoms with Crippen LogP contribution in [-0.4, -0.2) is 62.8 Å². The van der Waals surface area contributed by atoms with Gasteiger partial charge in [0.05, 0.1) is 12.4 Å². The second-order valence-corrected chi connectivity index (χ2v) is 6.36. The summed E-state index contributed by atoms with van der Waals surface area (Å²) in [6, 6.07) is -3.65. The number of nitrogens with two attached hydrogens (primary N) is 3.